The highest BCUT2D eigenvalue weighted by Gasteiger charge is 2.10. The molecule has 4 nitrogen and oxygen atoms in total. The van der Waals surface area contributed by atoms with Crippen LogP contribution >= 0.6 is 0 Å². The molecule has 0 aliphatic rings. The van der Waals surface area contributed by atoms with Crippen LogP contribution in [0.15, 0.2) is 0 Å². The molecule has 74 valence electrons. The SMILES string of the molecule is CCN(CCC#N)C(=O)NC(C)C. The van der Waals surface area contributed by atoms with E-state index in [0.29, 0.717) is 19.5 Å². The van der Waals surface area contributed by atoms with Crippen molar-refractivity contribution < 1.29 is 4.79 Å². The summed E-state index contributed by atoms with van der Waals surface area (Å²) in [7, 11) is 0. The van der Waals surface area contributed by atoms with E-state index in [-0.39, 0.29) is 12.1 Å². The maximum atomic E-state index is 11.4. The van der Waals surface area contributed by atoms with Crippen molar-refractivity contribution in [2.75, 3.05) is 13.1 Å². The quantitative estimate of drug-likeness (QED) is 0.715. The lowest BCUT2D eigenvalue weighted by atomic mass is 10.4. The lowest BCUT2D eigenvalue weighted by Gasteiger charge is -2.21. The highest BCUT2D eigenvalue weighted by atomic mass is 16.2. The molecule has 0 bridgehead atoms. The fraction of sp³-hybridized carbons (Fsp3) is 0.778. The van der Waals surface area contributed by atoms with Gasteiger partial charge in [-0.05, 0) is 20.8 Å². The fourth-order valence-electron chi connectivity index (χ4n) is 0.926. The smallest absolute Gasteiger partial charge is 0.317 e. The molecule has 0 aromatic carbocycles. The molecule has 13 heavy (non-hydrogen) atoms. The van der Waals surface area contributed by atoms with Gasteiger partial charge in [0, 0.05) is 19.1 Å². The third-order valence-corrected chi connectivity index (χ3v) is 1.57. The molecular weight excluding hydrogens is 166 g/mol. The third-order valence-electron chi connectivity index (χ3n) is 1.57. The first-order valence-electron chi connectivity index (χ1n) is 4.54. The van der Waals surface area contributed by atoms with Crippen molar-refractivity contribution >= 4 is 6.03 Å². The van der Waals surface area contributed by atoms with E-state index in [0.717, 1.165) is 0 Å². The van der Waals surface area contributed by atoms with Crippen molar-refractivity contribution in [1.82, 2.24) is 10.2 Å². The average Bonchev–Trinajstić information content (AvgIpc) is 2.04. The van der Waals surface area contributed by atoms with E-state index in [2.05, 4.69) is 5.32 Å². The second-order valence-corrected chi connectivity index (χ2v) is 3.09. The molecule has 0 atom stereocenters. The lowest BCUT2D eigenvalue weighted by Crippen LogP contribution is -2.43. The lowest BCUT2D eigenvalue weighted by molar-refractivity contribution is 0.199. The van der Waals surface area contributed by atoms with Crippen LogP contribution in [0.25, 0.3) is 0 Å². The van der Waals surface area contributed by atoms with Gasteiger partial charge in [0.05, 0.1) is 12.5 Å². The van der Waals surface area contributed by atoms with E-state index < -0.39 is 0 Å². The Morgan fingerprint density at radius 3 is 2.62 bits per heavy atom. The number of amides is 2. The number of hydrogen-bond acceptors (Lipinski definition) is 2. The Morgan fingerprint density at radius 1 is 1.62 bits per heavy atom. The first-order valence-corrected chi connectivity index (χ1v) is 4.54. The molecule has 0 aromatic heterocycles. The molecular formula is C9H17N3O. The fourth-order valence-corrected chi connectivity index (χ4v) is 0.926. The van der Waals surface area contributed by atoms with Gasteiger partial charge >= 0.3 is 6.03 Å². The van der Waals surface area contributed by atoms with Gasteiger partial charge in [-0.2, -0.15) is 5.26 Å². The Bertz CT molecular complexity index is 196. The molecule has 1 N–H and O–H groups in total. The Labute approximate surface area is 79.5 Å². The minimum atomic E-state index is -0.0900. The zero-order chi connectivity index (χ0) is 10.3. The second kappa shape index (κ2) is 6.30. The van der Waals surface area contributed by atoms with Crippen LogP contribution in [0.5, 0.6) is 0 Å². The Kier molecular flexibility index (Phi) is 5.69. The summed E-state index contributed by atoms with van der Waals surface area (Å²) in [5.74, 6) is 0. The molecule has 0 radical (unpaired) electrons. The molecule has 0 saturated heterocycles. The van der Waals surface area contributed by atoms with Gasteiger partial charge in [0.25, 0.3) is 0 Å². The monoisotopic (exact) mass is 183 g/mol. The molecule has 0 heterocycles. The van der Waals surface area contributed by atoms with Crippen LogP contribution in [0.3, 0.4) is 0 Å². The van der Waals surface area contributed by atoms with Gasteiger partial charge in [0.1, 0.15) is 0 Å². The Balaban J connectivity index is 3.93. The van der Waals surface area contributed by atoms with Crippen LogP contribution in [-0.4, -0.2) is 30.1 Å². The van der Waals surface area contributed by atoms with Gasteiger partial charge in [-0.15, -0.1) is 0 Å². The maximum Gasteiger partial charge on any atom is 0.317 e. The summed E-state index contributed by atoms with van der Waals surface area (Å²) in [5.41, 5.74) is 0. The normalized spacial score (nSPS) is 9.46. The molecule has 0 aliphatic carbocycles. The third kappa shape index (κ3) is 5.07. The molecule has 0 unspecified atom stereocenters. The largest absolute Gasteiger partial charge is 0.336 e. The van der Waals surface area contributed by atoms with Crippen LogP contribution in [0.1, 0.15) is 27.2 Å². The minimum absolute atomic E-state index is 0.0900. The summed E-state index contributed by atoms with van der Waals surface area (Å²) in [6.07, 6.45) is 0.388. The molecule has 0 spiro atoms. The molecule has 0 rings (SSSR count). The van der Waals surface area contributed by atoms with Gasteiger partial charge in [-0.1, -0.05) is 0 Å². The summed E-state index contributed by atoms with van der Waals surface area (Å²) < 4.78 is 0. The predicted molar refractivity (Wildman–Crippen MR) is 51.1 cm³/mol. The summed E-state index contributed by atoms with van der Waals surface area (Å²) in [5, 5.41) is 11.1. The minimum Gasteiger partial charge on any atom is -0.336 e. The molecule has 0 aliphatic heterocycles. The van der Waals surface area contributed by atoms with Crippen molar-refractivity contribution in [3.63, 3.8) is 0 Å². The molecule has 0 aromatic rings. The van der Waals surface area contributed by atoms with Crippen molar-refractivity contribution in [3.05, 3.63) is 0 Å². The number of urea groups is 1. The van der Waals surface area contributed by atoms with E-state index in [1.165, 1.54) is 0 Å². The number of carbonyl (C=O) groups is 1. The highest BCUT2D eigenvalue weighted by molar-refractivity contribution is 5.74. The van der Waals surface area contributed by atoms with Crippen molar-refractivity contribution in [1.29, 1.82) is 5.26 Å². The highest BCUT2D eigenvalue weighted by Crippen LogP contribution is 1.92. The zero-order valence-corrected chi connectivity index (χ0v) is 8.50. The average molecular weight is 183 g/mol. The van der Waals surface area contributed by atoms with Crippen LogP contribution in [0.4, 0.5) is 4.79 Å². The van der Waals surface area contributed by atoms with Gasteiger partial charge in [-0.3, -0.25) is 0 Å². The van der Waals surface area contributed by atoms with Gasteiger partial charge in [0.15, 0.2) is 0 Å². The van der Waals surface area contributed by atoms with Crippen LogP contribution in [0.2, 0.25) is 0 Å². The Morgan fingerprint density at radius 2 is 2.23 bits per heavy atom. The first kappa shape index (κ1) is 11.8. The van der Waals surface area contributed by atoms with E-state index in [9.17, 15) is 4.79 Å². The van der Waals surface area contributed by atoms with Crippen molar-refractivity contribution in [3.8, 4) is 6.07 Å². The first-order chi connectivity index (χ1) is 6.11. The van der Waals surface area contributed by atoms with Crippen molar-refractivity contribution in [2.45, 2.75) is 33.2 Å². The number of carbonyl (C=O) groups excluding carboxylic acids is 1. The van der Waals surface area contributed by atoms with Gasteiger partial charge < -0.3 is 10.2 Å². The number of rotatable bonds is 4. The predicted octanol–water partition coefficient (Wildman–Crippen LogP) is 1.34. The van der Waals surface area contributed by atoms with E-state index in [1.54, 1.807) is 4.90 Å². The Hall–Kier alpha value is -1.24. The number of nitrogens with zero attached hydrogens (tertiary/aromatic N) is 2. The summed E-state index contributed by atoms with van der Waals surface area (Å²) >= 11 is 0. The molecule has 0 fully saturated rings. The van der Waals surface area contributed by atoms with Crippen LogP contribution in [0, 0.1) is 11.3 Å². The number of hydrogen-bond donors (Lipinski definition) is 1. The number of nitrogens with one attached hydrogen (secondary N) is 1. The molecule has 4 heteroatoms. The van der Waals surface area contributed by atoms with Crippen molar-refractivity contribution in [2.24, 2.45) is 0 Å². The van der Waals surface area contributed by atoms with Crippen LogP contribution in [-0.2, 0) is 0 Å². The second-order valence-electron chi connectivity index (χ2n) is 3.09. The molecule has 0 saturated carbocycles. The van der Waals surface area contributed by atoms with E-state index in [1.807, 2.05) is 26.8 Å². The van der Waals surface area contributed by atoms with Gasteiger partial charge in [-0.25, -0.2) is 4.79 Å². The summed E-state index contributed by atoms with van der Waals surface area (Å²) in [6.45, 7) is 6.87. The number of nitriles is 1. The standard InChI is InChI=1S/C9H17N3O/c1-4-12(7-5-6-10)9(13)11-8(2)3/h8H,4-5,7H2,1-3H3,(H,11,13). The topological polar surface area (TPSA) is 56.1 Å². The molecule has 2 amide bonds. The van der Waals surface area contributed by atoms with Crippen LogP contribution < -0.4 is 5.32 Å². The maximum absolute atomic E-state index is 11.4. The van der Waals surface area contributed by atoms with E-state index >= 15 is 0 Å². The van der Waals surface area contributed by atoms with Gasteiger partial charge in [0.2, 0.25) is 0 Å². The summed E-state index contributed by atoms with van der Waals surface area (Å²) in [6, 6.07) is 2.07. The summed E-state index contributed by atoms with van der Waals surface area (Å²) in [4.78, 5) is 13.0. The zero-order valence-electron chi connectivity index (χ0n) is 8.50. The van der Waals surface area contributed by atoms with E-state index in [4.69, 9.17) is 5.26 Å².